The highest BCUT2D eigenvalue weighted by molar-refractivity contribution is 9.11. The van der Waals surface area contributed by atoms with E-state index in [0.29, 0.717) is 20.2 Å². The maximum Gasteiger partial charge on any atom is 0.412 e. The summed E-state index contributed by atoms with van der Waals surface area (Å²) in [5.74, 6) is -0.837. The lowest BCUT2D eigenvalue weighted by molar-refractivity contribution is -0.124. The smallest absolute Gasteiger partial charge is 0.412 e. The van der Waals surface area contributed by atoms with Crippen LogP contribution in [0.3, 0.4) is 0 Å². The summed E-state index contributed by atoms with van der Waals surface area (Å²) in [5.41, 5.74) is 1.46. The molecule has 0 bridgehead atoms. The van der Waals surface area contributed by atoms with Gasteiger partial charge in [0.2, 0.25) is 0 Å². The van der Waals surface area contributed by atoms with Crippen molar-refractivity contribution in [1.82, 2.24) is 5.48 Å². The van der Waals surface area contributed by atoms with Crippen LogP contribution in [0.25, 0.3) is 10.8 Å². The van der Waals surface area contributed by atoms with Crippen LogP contribution in [0.15, 0.2) is 75.7 Å². The highest BCUT2D eigenvalue weighted by Crippen LogP contribution is 2.45. The number of nitrogens with one attached hydrogen (secondary N) is 2. The van der Waals surface area contributed by atoms with Gasteiger partial charge in [-0.05, 0) is 39.5 Å². The maximum absolute atomic E-state index is 13.0. The minimum absolute atomic E-state index is 0.103. The lowest BCUT2D eigenvalue weighted by Gasteiger charge is -2.32. The first-order valence-electron chi connectivity index (χ1n) is 9.89. The van der Waals surface area contributed by atoms with Crippen molar-refractivity contribution in [3.63, 3.8) is 0 Å². The Labute approximate surface area is 207 Å². The SMILES string of the molecule is CC(C)(/C=C/C(=O)NO)[C@@H](OC(=O)Nc1cccc2ccccc12)c1cc(Br)cc(Br)c1O. The first-order chi connectivity index (χ1) is 15.6. The van der Waals surface area contributed by atoms with Crippen molar-refractivity contribution >= 4 is 60.3 Å². The molecule has 3 aromatic rings. The van der Waals surface area contributed by atoms with Crippen LogP contribution in [0.1, 0.15) is 25.5 Å². The van der Waals surface area contributed by atoms with E-state index in [9.17, 15) is 14.7 Å². The molecule has 0 saturated carbocycles. The summed E-state index contributed by atoms with van der Waals surface area (Å²) in [6.45, 7) is 3.47. The molecule has 3 aromatic carbocycles. The van der Waals surface area contributed by atoms with Crippen LogP contribution in [-0.2, 0) is 9.53 Å². The molecule has 0 radical (unpaired) electrons. The summed E-state index contributed by atoms with van der Waals surface area (Å²) in [4.78, 5) is 24.5. The molecule has 3 rings (SSSR count). The van der Waals surface area contributed by atoms with E-state index in [4.69, 9.17) is 9.94 Å². The zero-order valence-electron chi connectivity index (χ0n) is 17.8. The molecular formula is C24H22Br2N2O5. The molecule has 0 aliphatic rings. The van der Waals surface area contributed by atoms with Gasteiger partial charge in [-0.15, -0.1) is 0 Å². The number of rotatable bonds is 6. The minimum atomic E-state index is -0.996. The van der Waals surface area contributed by atoms with Crippen molar-refractivity contribution in [2.45, 2.75) is 20.0 Å². The lowest BCUT2D eigenvalue weighted by atomic mass is 9.81. The van der Waals surface area contributed by atoms with Gasteiger partial charge >= 0.3 is 6.09 Å². The summed E-state index contributed by atoms with van der Waals surface area (Å²) in [6, 6.07) is 16.4. The van der Waals surface area contributed by atoms with Crippen LogP contribution in [0, 0.1) is 5.41 Å². The number of carbonyl (C=O) groups excluding carboxylic acids is 2. The molecule has 0 fully saturated rings. The van der Waals surface area contributed by atoms with Gasteiger partial charge in [0.05, 0.1) is 10.2 Å². The molecule has 9 heteroatoms. The molecule has 7 nitrogen and oxygen atoms in total. The summed E-state index contributed by atoms with van der Waals surface area (Å²) >= 11 is 6.69. The number of phenolic OH excluding ortho intramolecular Hbond substituents is 1. The Morgan fingerprint density at radius 1 is 1.09 bits per heavy atom. The number of anilines is 1. The van der Waals surface area contributed by atoms with Gasteiger partial charge in [0.15, 0.2) is 0 Å². The summed E-state index contributed by atoms with van der Waals surface area (Å²) < 4.78 is 6.87. The van der Waals surface area contributed by atoms with Crippen LogP contribution in [-0.4, -0.2) is 22.3 Å². The quantitative estimate of drug-likeness (QED) is 0.153. The van der Waals surface area contributed by atoms with Crippen LogP contribution in [0.2, 0.25) is 0 Å². The van der Waals surface area contributed by atoms with Crippen molar-refractivity contribution in [1.29, 1.82) is 0 Å². The Hall–Kier alpha value is -2.88. The average molecular weight is 578 g/mol. The van der Waals surface area contributed by atoms with Crippen molar-refractivity contribution in [3.05, 3.63) is 81.3 Å². The summed E-state index contributed by atoms with van der Waals surface area (Å²) in [7, 11) is 0. The van der Waals surface area contributed by atoms with Crippen LogP contribution >= 0.6 is 31.9 Å². The number of fused-ring (bicyclic) bond motifs is 1. The second-order valence-electron chi connectivity index (χ2n) is 7.89. The second-order valence-corrected chi connectivity index (χ2v) is 9.66. The molecule has 0 aliphatic carbocycles. The summed E-state index contributed by atoms with van der Waals surface area (Å²) in [5, 5.41) is 24.1. The standard InChI is InChI=1S/C24H22Br2N2O5/c1-24(2,11-10-20(29)28-32)22(17-12-15(25)13-18(26)21(17)30)33-23(31)27-19-9-5-7-14-6-3-4-8-16(14)19/h3-13,22,30,32H,1-2H3,(H,27,31)(H,28,29)/b11-10+/t22-/m0/s1. The van der Waals surface area contributed by atoms with Crippen LogP contribution in [0.4, 0.5) is 10.5 Å². The first-order valence-corrected chi connectivity index (χ1v) is 11.5. The third-order valence-electron chi connectivity index (χ3n) is 5.04. The number of halogens is 2. The minimum Gasteiger partial charge on any atom is -0.506 e. The number of aromatic hydroxyl groups is 1. The number of carbonyl (C=O) groups is 2. The molecule has 0 spiro atoms. The zero-order valence-corrected chi connectivity index (χ0v) is 21.0. The Kier molecular flexibility index (Phi) is 7.78. The fourth-order valence-electron chi connectivity index (χ4n) is 3.40. The normalized spacial score (nSPS) is 12.5. The number of ether oxygens (including phenoxy) is 1. The zero-order chi connectivity index (χ0) is 24.2. The third kappa shape index (κ3) is 5.93. The van der Waals surface area contributed by atoms with Crippen LogP contribution < -0.4 is 10.8 Å². The van der Waals surface area contributed by atoms with Gasteiger partial charge in [0.1, 0.15) is 11.9 Å². The van der Waals surface area contributed by atoms with E-state index in [1.165, 1.54) is 11.6 Å². The van der Waals surface area contributed by atoms with Gasteiger partial charge in [0, 0.05) is 26.9 Å². The predicted molar refractivity (Wildman–Crippen MR) is 133 cm³/mol. The molecule has 33 heavy (non-hydrogen) atoms. The monoisotopic (exact) mass is 576 g/mol. The van der Waals surface area contributed by atoms with Gasteiger partial charge in [-0.25, -0.2) is 10.3 Å². The Morgan fingerprint density at radius 3 is 2.52 bits per heavy atom. The topological polar surface area (TPSA) is 108 Å². The van der Waals surface area contributed by atoms with E-state index in [2.05, 4.69) is 37.2 Å². The first kappa shape index (κ1) is 24.8. The van der Waals surface area contributed by atoms with Crippen molar-refractivity contribution in [3.8, 4) is 5.75 Å². The molecular weight excluding hydrogens is 556 g/mol. The molecule has 172 valence electrons. The van der Waals surface area contributed by atoms with Gasteiger partial charge in [-0.1, -0.05) is 72.3 Å². The average Bonchev–Trinajstić information content (AvgIpc) is 2.78. The van der Waals surface area contributed by atoms with E-state index in [1.807, 2.05) is 36.4 Å². The van der Waals surface area contributed by atoms with Gasteiger partial charge in [0.25, 0.3) is 5.91 Å². The number of amides is 2. The highest BCUT2D eigenvalue weighted by Gasteiger charge is 2.35. The van der Waals surface area contributed by atoms with E-state index in [0.717, 1.165) is 16.8 Å². The fraction of sp³-hybridized carbons (Fsp3) is 0.167. The Morgan fingerprint density at radius 2 is 1.79 bits per heavy atom. The maximum atomic E-state index is 13.0. The predicted octanol–water partition coefficient (Wildman–Crippen LogP) is 6.45. The molecule has 2 amide bonds. The number of phenols is 1. The van der Waals surface area contributed by atoms with E-state index in [-0.39, 0.29) is 5.75 Å². The molecule has 0 aromatic heterocycles. The van der Waals surface area contributed by atoms with Gasteiger partial charge in [-0.3, -0.25) is 15.3 Å². The van der Waals surface area contributed by atoms with E-state index in [1.54, 1.807) is 32.0 Å². The van der Waals surface area contributed by atoms with Crippen molar-refractivity contribution < 1.29 is 24.6 Å². The van der Waals surface area contributed by atoms with Crippen LogP contribution in [0.5, 0.6) is 5.75 Å². The van der Waals surface area contributed by atoms with Crippen molar-refractivity contribution in [2.75, 3.05) is 5.32 Å². The molecule has 1 atom stereocenters. The molecule has 0 unspecified atom stereocenters. The Bertz CT molecular complexity index is 1220. The van der Waals surface area contributed by atoms with E-state index >= 15 is 0 Å². The number of hydrogen-bond donors (Lipinski definition) is 4. The van der Waals surface area contributed by atoms with Crippen molar-refractivity contribution in [2.24, 2.45) is 5.41 Å². The summed E-state index contributed by atoms with van der Waals surface area (Å²) in [6.07, 6.45) is 0.884. The Balaban J connectivity index is 1.98. The number of hydrogen-bond acceptors (Lipinski definition) is 5. The largest absolute Gasteiger partial charge is 0.506 e. The molecule has 0 saturated heterocycles. The fourth-order valence-corrected chi connectivity index (χ4v) is 4.66. The molecule has 0 heterocycles. The van der Waals surface area contributed by atoms with Gasteiger partial charge < -0.3 is 9.84 Å². The number of benzene rings is 3. The molecule has 0 aliphatic heterocycles. The van der Waals surface area contributed by atoms with Gasteiger partial charge in [-0.2, -0.15) is 0 Å². The van der Waals surface area contributed by atoms with E-state index < -0.39 is 23.5 Å². The lowest BCUT2D eigenvalue weighted by Crippen LogP contribution is -2.28. The number of hydroxylamine groups is 1. The highest BCUT2D eigenvalue weighted by atomic mass is 79.9. The third-order valence-corrected chi connectivity index (χ3v) is 6.10. The molecule has 4 N–H and O–H groups in total. The second kappa shape index (κ2) is 10.4.